The Bertz CT molecular complexity index is 757. The molecule has 3 nitrogen and oxygen atoms in total. The maximum atomic E-state index is 6.01. The number of nitrogens with two attached hydrogens (primary N) is 1. The van der Waals surface area contributed by atoms with E-state index in [9.17, 15) is 0 Å². The van der Waals surface area contributed by atoms with Crippen LogP contribution in [0.3, 0.4) is 0 Å². The molecule has 96 valence electrons. The van der Waals surface area contributed by atoms with Crippen LogP contribution in [0, 0.1) is 13.8 Å². The van der Waals surface area contributed by atoms with Crippen molar-refractivity contribution in [1.82, 2.24) is 4.98 Å². The molecule has 0 atom stereocenters. The lowest BCUT2D eigenvalue weighted by molar-refractivity contribution is 0.617. The maximum absolute atomic E-state index is 6.01. The van der Waals surface area contributed by atoms with E-state index in [1.54, 1.807) is 18.2 Å². The summed E-state index contributed by atoms with van der Waals surface area (Å²) >= 11 is 6.01. The number of benzene rings is 2. The fraction of sp³-hybridized carbons (Fsp3) is 0.133. The minimum atomic E-state index is 0.540. The zero-order valence-corrected chi connectivity index (χ0v) is 11.5. The van der Waals surface area contributed by atoms with Crippen molar-refractivity contribution in [1.29, 1.82) is 0 Å². The molecule has 0 spiro atoms. The van der Waals surface area contributed by atoms with Gasteiger partial charge in [0.2, 0.25) is 5.89 Å². The van der Waals surface area contributed by atoms with Crippen molar-refractivity contribution in [2.75, 3.05) is 5.73 Å². The molecule has 0 aliphatic rings. The second kappa shape index (κ2) is 4.28. The van der Waals surface area contributed by atoms with Gasteiger partial charge in [-0.05, 0) is 49.2 Å². The van der Waals surface area contributed by atoms with Crippen LogP contribution in [0.25, 0.3) is 22.6 Å². The SMILES string of the molecule is Cc1cc(C)c2oc(-c3cc(N)cc(Cl)c3)nc2c1. The molecule has 3 rings (SSSR count). The van der Waals surface area contributed by atoms with E-state index in [1.165, 1.54) is 0 Å². The van der Waals surface area contributed by atoms with Crippen molar-refractivity contribution >= 4 is 28.4 Å². The number of nitrogen functional groups attached to an aromatic ring is 1. The molecule has 0 bridgehead atoms. The highest BCUT2D eigenvalue weighted by Crippen LogP contribution is 2.30. The van der Waals surface area contributed by atoms with Crippen molar-refractivity contribution < 1.29 is 4.42 Å². The second-order valence-corrected chi connectivity index (χ2v) is 5.16. The van der Waals surface area contributed by atoms with Crippen LogP contribution in [0.1, 0.15) is 11.1 Å². The fourth-order valence-corrected chi connectivity index (χ4v) is 2.48. The van der Waals surface area contributed by atoms with Crippen molar-refractivity contribution in [2.24, 2.45) is 0 Å². The molecule has 2 aromatic carbocycles. The number of halogens is 1. The number of rotatable bonds is 1. The minimum absolute atomic E-state index is 0.540. The van der Waals surface area contributed by atoms with Crippen molar-refractivity contribution in [2.45, 2.75) is 13.8 Å². The predicted molar refractivity (Wildman–Crippen MR) is 78.3 cm³/mol. The van der Waals surface area contributed by atoms with Gasteiger partial charge in [-0.1, -0.05) is 17.7 Å². The van der Waals surface area contributed by atoms with E-state index in [1.807, 2.05) is 19.9 Å². The normalized spacial score (nSPS) is 11.1. The van der Waals surface area contributed by atoms with Gasteiger partial charge in [0.05, 0.1) is 0 Å². The number of aromatic nitrogens is 1. The maximum Gasteiger partial charge on any atom is 0.227 e. The molecule has 0 aliphatic carbocycles. The van der Waals surface area contributed by atoms with Crippen LogP contribution in [0.2, 0.25) is 5.02 Å². The van der Waals surface area contributed by atoms with Crippen LogP contribution < -0.4 is 5.73 Å². The zero-order chi connectivity index (χ0) is 13.6. The van der Waals surface area contributed by atoms with Crippen LogP contribution >= 0.6 is 11.6 Å². The van der Waals surface area contributed by atoms with Crippen molar-refractivity contribution in [3.63, 3.8) is 0 Å². The van der Waals surface area contributed by atoms with Gasteiger partial charge in [0.1, 0.15) is 5.52 Å². The summed E-state index contributed by atoms with van der Waals surface area (Å²) in [6.45, 7) is 4.05. The summed E-state index contributed by atoms with van der Waals surface area (Å²) in [6.07, 6.45) is 0. The summed E-state index contributed by atoms with van der Waals surface area (Å²) in [6, 6.07) is 9.37. The van der Waals surface area contributed by atoms with Crippen molar-refractivity contribution in [3.8, 4) is 11.5 Å². The summed E-state index contributed by atoms with van der Waals surface area (Å²) in [4.78, 5) is 4.51. The highest BCUT2D eigenvalue weighted by Gasteiger charge is 2.11. The Kier molecular flexibility index (Phi) is 2.72. The Morgan fingerprint density at radius 1 is 1.11 bits per heavy atom. The molecule has 19 heavy (non-hydrogen) atoms. The lowest BCUT2D eigenvalue weighted by atomic mass is 10.1. The molecule has 0 fully saturated rings. The van der Waals surface area contributed by atoms with Crippen LogP contribution in [0.4, 0.5) is 5.69 Å². The first kappa shape index (κ1) is 12.1. The summed E-state index contributed by atoms with van der Waals surface area (Å²) < 4.78 is 5.82. The van der Waals surface area contributed by atoms with E-state index in [0.717, 1.165) is 27.8 Å². The molecule has 0 unspecified atom stereocenters. The van der Waals surface area contributed by atoms with Crippen LogP contribution in [-0.2, 0) is 0 Å². The number of anilines is 1. The topological polar surface area (TPSA) is 52.0 Å². The molecule has 1 heterocycles. The summed E-state index contributed by atoms with van der Waals surface area (Å²) in [5, 5.41) is 0.574. The molecule has 0 saturated heterocycles. The predicted octanol–water partition coefficient (Wildman–Crippen LogP) is 4.35. The van der Waals surface area contributed by atoms with Crippen LogP contribution in [0.15, 0.2) is 34.7 Å². The Balaban J connectivity index is 2.23. The Labute approximate surface area is 116 Å². The quantitative estimate of drug-likeness (QED) is 0.670. The molecule has 0 amide bonds. The molecule has 1 aromatic heterocycles. The van der Waals surface area contributed by atoms with Gasteiger partial charge in [0.15, 0.2) is 5.58 Å². The average molecular weight is 273 g/mol. The van der Waals surface area contributed by atoms with E-state index in [4.69, 9.17) is 21.8 Å². The third-order valence-corrected chi connectivity index (χ3v) is 3.21. The third kappa shape index (κ3) is 2.17. The lowest BCUT2D eigenvalue weighted by Crippen LogP contribution is -1.86. The molecule has 2 N–H and O–H groups in total. The number of hydrogen-bond donors (Lipinski definition) is 1. The number of aryl methyl sites for hydroxylation is 2. The standard InChI is InChI=1S/C15H13ClN2O/c1-8-3-9(2)14-13(4-8)18-15(19-14)10-5-11(16)7-12(17)6-10/h3-7H,17H2,1-2H3. The monoisotopic (exact) mass is 272 g/mol. The van der Waals surface area contributed by atoms with Crippen LogP contribution in [-0.4, -0.2) is 4.98 Å². The number of hydrogen-bond acceptors (Lipinski definition) is 3. The molecule has 0 radical (unpaired) electrons. The van der Waals surface area contributed by atoms with Gasteiger partial charge in [-0.15, -0.1) is 0 Å². The first-order chi connectivity index (χ1) is 9.02. The molecule has 0 saturated carbocycles. The average Bonchev–Trinajstić information content (AvgIpc) is 2.71. The second-order valence-electron chi connectivity index (χ2n) is 4.72. The first-order valence-electron chi connectivity index (χ1n) is 5.97. The van der Waals surface area contributed by atoms with Gasteiger partial charge in [-0.25, -0.2) is 4.98 Å². The van der Waals surface area contributed by atoms with E-state index in [-0.39, 0.29) is 0 Å². The van der Waals surface area contributed by atoms with E-state index in [0.29, 0.717) is 16.6 Å². The summed E-state index contributed by atoms with van der Waals surface area (Å²) in [5.41, 5.74) is 11.1. The smallest absolute Gasteiger partial charge is 0.227 e. The first-order valence-corrected chi connectivity index (χ1v) is 6.35. The number of fused-ring (bicyclic) bond motifs is 1. The van der Waals surface area contributed by atoms with Crippen molar-refractivity contribution in [3.05, 3.63) is 46.5 Å². The third-order valence-electron chi connectivity index (χ3n) is 2.99. The molecular formula is C15H13ClN2O. The zero-order valence-electron chi connectivity index (χ0n) is 10.7. The molecule has 4 heteroatoms. The Morgan fingerprint density at radius 3 is 2.63 bits per heavy atom. The Hall–Kier alpha value is -2.00. The highest BCUT2D eigenvalue weighted by atomic mass is 35.5. The van der Waals surface area contributed by atoms with Gasteiger partial charge in [0, 0.05) is 16.3 Å². The van der Waals surface area contributed by atoms with E-state index in [2.05, 4.69) is 11.1 Å². The van der Waals surface area contributed by atoms with E-state index >= 15 is 0 Å². The van der Waals surface area contributed by atoms with E-state index < -0.39 is 0 Å². The fourth-order valence-electron chi connectivity index (χ4n) is 2.24. The number of nitrogens with zero attached hydrogens (tertiary/aromatic N) is 1. The van der Waals surface area contributed by atoms with Gasteiger partial charge < -0.3 is 10.2 Å². The lowest BCUT2D eigenvalue weighted by Gasteiger charge is -1.99. The van der Waals surface area contributed by atoms with Gasteiger partial charge >= 0.3 is 0 Å². The molecule has 3 aromatic rings. The largest absolute Gasteiger partial charge is 0.436 e. The minimum Gasteiger partial charge on any atom is -0.436 e. The molecule has 0 aliphatic heterocycles. The van der Waals surface area contributed by atoms with Gasteiger partial charge in [0.25, 0.3) is 0 Å². The Morgan fingerprint density at radius 2 is 1.89 bits per heavy atom. The van der Waals surface area contributed by atoms with Gasteiger partial charge in [-0.3, -0.25) is 0 Å². The highest BCUT2D eigenvalue weighted by molar-refractivity contribution is 6.31. The summed E-state index contributed by atoms with van der Waals surface area (Å²) in [5.74, 6) is 0.540. The summed E-state index contributed by atoms with van der Waals surface area (Å²) in [7, 11) is 0. The molecular weight excluding hydrogens is 260 g/mol. The van der Waals surface area contributed by atoms with Crippen LogP contribution in [0.5, 0.6) is 0 Å². The van der Waals surface area contributed by atoms with Gasteiger partial charge in [-0.2, -0.15) is 0 Å². The number of oxazole rings is 1.